The normalized spacial score (nSPS) is 10.1. The average Bonchev–Trinajstić information content (AvgIpc) is 2.75. The molecule has 0 bridgehead atoms. The second-order valence-corrected chi connectivity index (χ2v) is 3.52. The number of carbonyl (C=O) groups excluding carboxylic acids is 1. The molecular weight excluding hydrogens is 230 g/mol. The van der Waals surface area contributed by atoms with Crippen molar-refractivity contribution < 1.29 is 9.90 Å². The topological polar surface area (TPSA) is 78.0 Å². The van der Waals surface area contributed by atoms with Crippen LogP contribution in [0.5, 0.6) is 5.75 Å². The van der Waals surface area contributed by atoms with Crippen LogP contribution >= 0.6 is 11.6 Å². The van der Waals surface area contributed by atoms with E-state index in [-0.39, 0.29) is 11.7 Å². The summed E-state index contributed by atoms with van der Waals surface area (Å²) >= 11 is 5.66. The molecule has 0 aliphatic rings. The number of H-pyrrole nitrogens is 1. The molecule has 1 aromatic heterocycles. The van der Waals surface area contributed by atoms with Gasteiger partial charge in [-0.3, -0.25) is 9.89 Å². The molecule has 0 radical (unpaired) electrons. The molecular formula is C10H8ClN3O2. The summed E-state index contributed by atoms with van der Waals surface area (Å²) < 4.78 is 0. The van der Waals surface area contributed by atoms with Gasteiger partial charge in [0.1, 0.15) is 11.4 Å². The van der Waals surface area contributed by atoms with Crippen molar-refractivity contribution in [3.8, 4) is 5.75 Å². The molecule has 0 saturated heterocycles. The van der Waals surface area contributed by atoms with Crippen molar-refractivity contribution in [3.05, 3.63) is 41.2 Å². The quantitative estimate of drug-likeness (QED) is 0.700. The van der Waals surface area contributed by atoms with Gasteiger partial charge in [-0.25, -0.2) is 0 Å². The summed E-state index contributed by atoms with van der Waals surface area (Å²) in [5.74, 6) is -0.463. The highest BCUT2D eigenvalue weighted by Crippen LogP contribution is 2.26. The number of aromatic nitrogens is 2. The third-order valence-corrected chi connectivity index (χ3v) is 2.19. The number of hydrogen-bond acceptors (Lipinski definition) is 3. The fourth-order valence-electron chi connectivity index (χ4n) is 1.18. The van der Waals surface area contributed by atoms with Crippen LogP contribution in [0.2, 0.25) is 5.02 Å². The molecule has 2 aromatic rings. The fraction of sp³-hybridized carbons (Fsp3) is 0. The molecule has 0 atom stereocenters. The van der Waals surface area contributed by atoms with Crippen LogP contribution in [0.15, 0.2) is 30.5 Å². The Morgan fingerprint density at radius 1 is 1.44 bits per heavy atom. The van der Waals surface area contributed by atoms with E-state index >= 15 is 0 Å². The number of benzene rings is 1. The third kappa shape index (κ3) is 2.14. The van der Waals surface area contributed by atoms with Crippen molar-refractivity contribution in [2.24, 2.45) is 0 Å². The van der Waals surface area contributed by atoms with E-state index in [0.29, 0.717) is 16.4 Å². The van der Waals surface area contributed by atoms with Crippen LogP contribution in [-0.4, -0.2) is 21.2 Å². The van der Waals surface area contributed by atoms with E-state index in [9.17, 15) is 9.90 Å². The monoisotopic (exact) mass is 237 g/mol. The van der Waals surface area contributed by atoms with Crippen LogP contribution in [0.25, 0.3) is 0 Å². The van der Waals surface area contributed by atoms with Gasteiger partial charge in [0.2, 0.25) is 0 Å². The molecule has 82 valence electrons. The Morgan fingerprint density at radius 3 is 2.88 bits per heavy atom. The summed E-state index contributed by atoms with van der Waals surface area (Å²) in [6.45, 7) is 0. The Hall–Kier alpha value is -2.01. The lowest BCUT2D eigenvalue weighted by molar-refractivity contribution is 0.102. The van der Waals surface area contributed by atoms with E-state index in [0.717, 1.165) is 0 Å². The largest absolute Gasteiger partial charge is 0.506 e. The van der Waals surface area contributed by atoms with Crippen molar-refractivity contribution in [2.45, 2.75) is 0 Å². The van der Waals surface area contributed by atoms with Gasteiger partial charge in [-0.15, -0.1) is 0 Å². The van der Waals surface area contributed by atoms with Crippen molar-refractivity contribution in [2.75, 3.05) is 5.32 Å². The number of phenols is 1. The number of aromatic hydroxyl groups is 1. The molecule has 3 N–H and O–H groups in total. The van der Waals surface area contributed by atoms with E-state index in [1.807, 2.05) is 0 Å². The molecule has 0 saturated carbocycles. The second-order valence-electron chi connectivity index (χ2n) is 3.09. The predicted molar refractivity (Wildman–Crippen MR) is 59.7 cm³/mol. The van der Waals surface area contributed by atoms with Gasteiger partial charge >= 0.3 is 0 Å². The Kier molecular flexibility index (Phi) is 2.78. The molecule has 2 rings (SSSR count). The third-order valence-electron chi connectivity index (χ3n) is 1.95. The first kappa shape index (κ1) is 10.5. The van der Waals surface area contributed by atoms with Gasteiger partial charge in [0, 0.05) is 17.3 Å². The molecule has 1 aromatic carbocycles. The number of rotatable bonds is 2. The van der Waals surface area contributed by atoms with Crippen LogP contribution in [0.3, 0.4) is 0 Å². The van der Waals surface area contributed by atoms with Gasteiger partial charge in [0.25, 0.3) is 5.91 Å². The molecule has 0 aliphatic heterocycles. The number of aromatic amines is 1. The first-order chi connectivity index (χ1) is 7.66. The Bertz CT molecular complexity index is 511. The van der Waals surface area contributed by atoms with Crippen LogP contribution in [0.1, 0.15) is 10.5 Å². The van der Waals surface area contributed by atoms with E-state index in [4.69, 9.17) is 11.6 Å². The average molecular weight is 238 g/mol. The number of anilines is 1. The lowest BCUT2D eigenvalue weighted by Gasteiger charge is -2.05. The van der Waals surface area contributed by atoms with Gasteiger partial charge in [0.15, 0.2) is 0 Å². The number of nitrogens with one attached hydrogen (secondary N) is 2. The summed E-state index contributed by atoms with van der Waals surface area (Å²) in [6.07, 6.45) is 1.47. The number of carbonyl (C=O) groups is 1. The number of halogens is 1. The highest BCUT2D eigenvalue weighted by molar-refractivity contribution is 6.30. The molecule has 1 amide bonds. The summed E-state index contributed by atoms with van der Waals surface area (Å²) in [6, 6.07) is 5.97. The van der Waals surface area contributed by atoms with Crippen LogP contribution < -0.4 is 5.32 Å². The minimum absolute atomic E-state index is 0.0830. The minimum atomic E-state index is -0.380. The van der Waals surface area contributed by atoms with Crippen molar-refractivity contribution in [3.63, 3.8) is 0 Å². The van der Waals surface area contributed by atoms with Crippen LogP contribution in [-0.2, 0) is 0 Å². The predicted octanol–water partition coefficient (Wildman–Crippen LogP) is 2.02. The summed E-state index contributed by atoms with van der Waals surface area (Å²) in [4.78, 5) is 11.6. The molecule has 16 heavy (non-hydrogen) atoms. The van der Waals surface area contributed by atoms with Gasteiger partial charge in [-0.05, 0) is 18.2 Å². The second kappa shape index (κ2) is 4.24. The molecule has 1 heterocycles. The smallest absolute Gasteiger partial charge is 0.273 e. The van der Waals surface area contributed by atoms with Gasteiger partial charge < -0.3 is 10.4 Å². The van der Waals surface area contributed by atoms with E-state index in [1.54, 1.807) is 6.07 Å². The highest BCUT2D eigenvalue weighted by Gasteiger charge is 2.09. The maximum Gasteiger partial charge on any atom is 0.273 e. The van der Waals surface area contributed by atoms with Crippen LogP contribution in [0.4, 0.5) is 5.69 Å². The summed E-state index contributed by atoms with van der Waals surface area (Å²) in [5, 5.41) is 18.6. The molecule has 0 spiro atoms. The Morgan fingerprint density at radius 2 is 2.25 bits per heavy atom. The molecule has 6 heteroatoms. The fourth-order valence-corrected chi connectivity index (χ4v) is 1.35. The molecule has 5 nitrogen and oxygen atoms in total. The Labute approximate surface area is 96.1 Å². The molecule has 0 aliphatic carbocycles. The van der Waals surface area contributed by atoms with Gasteiger partial charge in [-0.1, -0.05) is 11.6 Å². The lowest BCUT2D eigenvalue weighted by atomic mass is 10.3. The number of phenolic OH excluding ortho intramolecular Hbond substituents is 1. The zero-order chi connectivity index (χ0) is 11.5. The van der Waals surface area contributed by atoms with E-state index < -0.39 is 0 Å². The maximum atomic E-state index is 11.6. The van der Waals surface area contributed by atoms with E-state index in [2.05, 4.69) is 15.5 Å². The van der Waals surface area contributed by atoms with Crippen molar-refractivity contribution >= 4 is 23.2 Å². The highest BCUT2D eigenvalue weighted by atomic mass is 35.5. The molecule has 0 unspecified atom stereocenters. The van der Waals surface area contributed by atoms with Crippen LogP contribution in [0, 0.1) is 0 Å². The number of hydrogen-bond donors (Lipinski definition) is 3. The first-order valence-corrected chi connectivity index (χ1v) is 4.84. The van der Waals surface area contributed by atoms with Crippen molar-refractivity contribution in [1.29, 1.82) is 0 Å². The number of amides is 1. The lowest BCUT2D eigenvalue weighted by Crippen LogP contribution is -2.12. The summed E-state index contributed by atoms with van der Waals surface area (Å²) in [5.41, 5.74) is 0.610. The summed E-state index contributed by atoms with van der Waals surface area (Å²) in [7, 11) is 0. The number of nitrogens with zero attached hydrogens (tertiary/aromatic N) is 1. The molecule has 0 fully saturated rings. The first-order valence-electron chi connectivity index (χ1n) is 4.46. The zero-order valence-electron chi connectivity index (χ0n) is 8.07. The van der Waals surface area contributed by atoms with E-state index in [1.165, 1.54) is 24.4 Å². The van der Waals surface area contributed by atoms with Gasteiger partial charge in [0.05, 0.1) is 5.69 Å². The minimum Gasteiger partial charge on any atom is -0.506 e. The maximum absolute atomic E-state index is 11.6. The Balaban J connectivity index is 2.18. The SMILES string of the molecule is O=C(Nc1ccc(Cl)cc1O)c1ccn[nH]1. The van der Waals surface area contributed by atoms with Crippen molar-refractivity contribution in [1.82, 2.24) is 10.2 Å². The van der Waals surface area contributed by atoms with Gasteiger partial charge in [-0.2, -0.15) is 5.10 Å². The zero-order valence-corrected chi connectivity index (χ0v) is 8.82. The standard InChI is InChI=1S/C10H8ClN3O2/c11-6-1-2-7(9(15)5-6)13-10(16)8-3-4-12-14-8/h1-5,15H,(H,12,14)(H,13,16).